The predicted molar refractivity (Wildman–Crippen MR) is 123 cm³/mol. The highest BCUT2D eigenvalue weighted by atomic mass is 35.5. The van der Waals surface area contributed by atoms with E-state index in [0.717, 1.165) is 12.1 Å². The molecule has 0 saturated carbocycles. The van der Waals surface area contributed by atoms with Crippen LogP contribution in [0.2, 0.25) is 5.02 Å². The van der Waals surface area contributed by atoms with E-state index < -0.39 is 29.2 Å². The van der Waals surface area contributed by atoms with E-state index in [1.54, 1.807) is 24.3 Å². The molecule has 2 N–H and O–H groups in total. The van der Waals surface area contributed by atoms with Crippen LogP contribution in [0, 0.1) is 0 Å². The lowest BCUT2D eigenvalue weighted by Gasteiger charge is -2.20. The van der Waals surface area contributed by atoms with E-state index in [9.17, 15) is 27.9 Å². The van der Waals surface area contributed by atoms with Crippen molar-refractivity contribution in [3.63, 3.8) is 0 Å². The fourth-order valence-corrected chi connectivity index (χ4v) is 3.70. The fourth-order valence-electron chi connectivity index (χ4n) is 3.47. The predicted octanol–water partition coefficient (Wildman–Crippen LogP) is 5.33. The minimum absolute atomic E-state index is 0.00167. The highest BCUT2D eigenvalue weighted by Crippen LogP contribution is 2.37. The van der Waals surface area contributed by atoms with Gasteiger partial charge in [-0.25, -0.2) is 14.3 Å². The highest BCUT2D eigenvalue weighted by molar-refractivity contribution is 6.33. The summed E-state index contributed by atoms with van der Waals surface area (Å²) in [5, 5.41) is 16.4. The van der Waals surface area contributed by atoms with Crippen LogP contribution in [-0.4, -0.2) is 37.1 Å². The number of carboxylic acids is 1. The molecule has 1 amide bonds. The van der Waals surface area contributed by atoms with Gasteiger partial charge in [-0.05, 0) is 32.0 Å². The average molecular weight is 503 g/mol. The number of alkyl halides is 3. The van der Waals surface area contributed by atoms with Crippen molar-refractivity contribution >= 4 is 29.1 Å². The third kappa shape index (κ3) is 4.57. The molecule has 0 fully saturated rings. The number of carbonyl (C=O) groups excluding carboxylic acids is 1. The summed E-state index contributed by atoms with van der Waals surface area (Å²) in [6, 6.07) is 11.4. The second-order valence-corrected chi connectivity index (χ2v) is 8.66. The second kappa shape index (κ2) is 8.70. The van der Waals surface area contributed by atoms with Crippen molar-refractivity contribution < 1.29 is 27.9 Å². The molecule has 0 bridgehead atoms. The molecule has 0 aliphatic heterocycles. The normalized spacial score (nSPS) is 12.1. The molecular formula is C24H18ClF3N4O3. The maximum atomic E-state index is 13.1. The van der Waals surface area contributed by atoms with Gasteiger partial charge in [-0.15, -0.1) is 0 Å². The van der Waals surface area contributed by atoms with Crippen LogP contribution in [0.4, 0.5) is 13.2 Å². The lowest BCUT2D eigenvalue weighted by Crippen LogP contribution is -2.49. The second-order valence-electron chi connectivity index (χ2n) is 8.25. The van der Waals surface area contributed by atoms with Gasteiger partial charge in [0.25, 0.3) is 5.91 Å². The summed E-state index contributed by atoms with van der Waals surface area (Å²) in [5.41, 5.74) is -0.515. The van der Waals surface area contributed by atoms with Crippen LogP contribution in [0.25, 0.3) is 28.0 Å². The van der Waals surface area contributed by atoms with E-state index >= 15 is 0 Å². The van der Waals surface area contributed by atoms with Crippen molar-refractivity contribution in [1.82, 2.24) is 19.9 Å². The Bertz CT molecular complexity index is 1450. The third-order valence-corrected chi connectivity index (χ3v) is 5.71. The molecule has 2 heterocycles. The highest BCUT2D eigenvalue weighted by Gasteiger charge is 2.32. The molecule has 7 nitrogen and oxygen atoms in total. The zero-order chi connectivity index (χ0) is 25.5. The Morgan fingerprint density at radius 1 is 1.00 bits per heavy atom. The number of amides is 1. The summed E-state index contributed by atoms with van der Waals surface area (Å²) in [7, 11) is 0. The van der Waals surface area contributed by atoms with E-state index in [-0.39, 0.29) is 11.2 Å². The molecule has 0 unspecified atom stereocenters. The van der Waals surface area contributed by atoms with Gasteiger partial charge < -0.3 is 10.4 Å². The van der Waals surface area contributed by atoms with Crippen LogP contribution < -0.4 is 5.32 Å². The summed E-state index contributed by atoms with van der Waals surface area (Å²) in [5.74, 6) is -1.95. The number of halogens is 4. The van der Waals surface area contributed by atoms with E-state index in [0.29, 0.717) is 27.4 Å². The SMILES string of the molecule is CC(C)(NC(=O)c1cnn2c(-c3ccc(C(F)(F)F)cc3)c(-c3ccccc3Cl)cnc12)C(=O)O. The van der Waals surface area contributed by atoms with Gasteiger partial charge in [0, 0.05) is 27.9 Å². The average Bonchev–Trinajstić information content (AvgIpc) is 3.22. The summed E-state index contributed by atoms with van der Waals surface area (Å²) in [6.45, 7) is 2.66. The standard InChI is InChI=1S/C24H18ClF3N4O3/c1-23(2,22(34)35)31-21(33)17-12-30-32-19(13-7-9-14(10-8-13)24(26,27)28)16(11-29-20(17)32)15-5-3-4-6-18(15)25/h3-12H,1-2H3,(H,31,33)(H,34,35). The van der Waals surface area contributed by atoms with Crippen LogP contribution >= 0.6 is 11.6 Å². The topological polar surface area (TPSA) is 96.6 Å². The van der Waals surface area contributed by atoms with Crippen LogP contribution in [0.1, 0.15) is 29.8 Å². The van der Waals surface area contributed by atoms with Crippen molar-refractivity contribution in [3.8, 4) is 22.4 Å². The summed E-state index contributed by atoms with van der Waals surface area (Å²) in [6.07, 6.45) is -1.84. The van der Waals surface area contributed by atoms with Gasteiger partial charge in [-0.2, -0.15) is 18.3 Å². The molecule has 0 aliphatic carbocycles. The molecule has 4 rings (SSSR count). The summed E-state index contributed by atoms with van der Waals surface area (Å²) < 4.78 is 40.7. The van der Waals surface area contributed by atoms with E-state index in [2.05, 4.69) is 15.4 Å². The van der Waals surface area contributed by atoms with Gasteiger partial charge in [-0.1, -0.05) is 41.9 Å². The van der Waals surface area contributed by atoms with Crippen molar-refractivity contribution in [2.75, 3.05) is 0 Å². The van der Waals surface area contributed by atoms with E-state index in [1.165, 1.54) is 42.9 Å². The number of carboxylic acid groups (broad SMARTS) is 1. The van der Waals surface area contributed by atoms with E-state index in [4.69, 9.17) is 11.6 Å². The minimum Gasteiger partial charge on any atom is -0.480 e. The smallest absolute Gasteiger partial charge is 0.416 e. The van der Waals surface area contributed by atoms with Crippen LogP contribution in [0.5, 0.6) is 0 Å². The number of benzene rings is 2. The van der Waals surface area contributed by atoms with Crippen molar-refractivity contribution in [2.24, 2.45) is 0 Å². The van der Waals surface area contributed by atoms with Gasteiger partial charge in [-0.3, -0.25) is 4.79 Å². The first kappa shape index (κ1) is 24.2. The number of hydrogen-bond acceptors (Lipinski definition) is 4. The number of aliphatic carboxylic acids is 1. The Labute approximate surface area is 202 Å². The Morgan fingerprint density at radius 3 is 2.26 bits per heavy atom. The lowest BCUT2D eigenvalue weighted by atomic mass is 9.99. The molecular weight excluding hydrogens is 485 g/mol. The molecule has 0 spiro atoms. The molecule has 2 aromatic carbocycles. The van der Waals surface area contributed by atoms with Gasteiger partial charge in [0.15, 0.2) is 5.65 Å². The van der Waals surface area contributed by atoms with Crippen molar-refractivity contribution in [2.45, 2.75) is 25.6 Å². The molecule has 11 heteroatoms. The molecule has 0 aliphatic rings. The quantitative estimate of drug-likeness (QED) is 0.384. The molecule has 0 atom stereocenters. The number of carbonyl (C=O) groups is 2. The number of aromatic nitrogens is 3. The first-order valence-corrected chi connectivity index (χ1v) is 10.6. The molecule has 4 aromatic rings. The molecule has 0 radical (unpaired) electrons. The number of nitrogens with zero attached hydrogens (tertiary/aromatic N) is 3. The molecule has 2 aromatic heterocycles. The van der Waals surface area contributed by atoms with Crippen LogP contribution in [0.15, 0.2) is 60.9 Å². The van der Waals surface area contributed by atoms with Crippen molar-refractivity contribution in [1.29, 1.82) is 0 Å². The first-order valence-electron chi connectivity index (χ1n) is 10.3. The number of hydrogen-bond donors (Lipinski definition) is 2. The Hall–Kier alpha value is -3.92. The molecule has 0 saturated heterocycles. The monoisotopic (exact) mass is 502 g/mol. The van der Waals surface area contributed by atoms with Gasteiger partial charge in [0.2, 0.25) is 0 Å². The zero-order valence-electron chi connectivity index (χ0n) is 18.4. The van der Waals surface area contributed by atoms with E-state index in [1.807, 2.05) is 0 Å². The third-order valence-electron chi connectivity index (χ3n) is 5.38. The number of nitrogens with one attached hydrogen (secondary N) is 1. The van der Waals surface area contributed by atoms with Gasteiger partial charge in [0.05, 0.1) is 17.5 Å². The summed E-state index contributed by atoms with van der Waals surface area (Å²) >= 11 is 6.39. The fraction of sp³-hybridized carbons (Fsp3) is 0.167. The zero-order valence-corrected chi connectivity index (χ0v) is 19.1. The maximum absolute atomic E-state index is 13.1. The number of rotatable bonds is 5. The largest absolute Gasteiger partial charge is 0.480 e. The summed E-state index contributed by atoms with van der Waals surface area (Å²) in [4.78, 5) is 28.6. The van der Waals surface area contributed by atoms with Crippen molar-refractivity contribution in [3.05, 3.63) is 77.1 Å². The number of fused-ring (bicyclic) bond motifs is 1. The Morgan fingerprint density at radius 2 is 1.66 bits per heavy atom. The molecule has 35 heavy (non-hydrogen) atoms. The van der Waals surface area contributed by atoms with Gasteiger partial charge in [0.1, 0.15) is 11.1 Å². The lowest BCUT2D eigenvalue weighted by molar-refractivity contribution is -0.143. The first-order chi connectivity index (χ1) is 16.4. The van der Waals surface area contributed by atoms with Crippen LogP contribution in [0.3, 0.4) is 0 Å². The minimum atomic E-state index is -4.51. The van der Waals surface area contributed by atoms with Gasteiger partial charge >= 0.3 is 12.1 Å². The molecule has 180 valence electrons. The maximum Gasteiger partial charge on any atom is 0.416 e. The Balaban J connectivity index is 1.92. The Kier molecular flexibility index (Phi) is 6.02. The van der Waals surface area contributed by atoms with Crippen LogP contribution in [-0.2, 0) is 11.0 Å².